The number of phosphoric acid groups is 1. The van der Waals surface area contributed by atoms with Crippen molar-refractivity contribution in [3.63, 3.8) is 0 Å². The van der Waals surface area contributed by atoms with E-state index >= 15 is 0 Å². The first-order valence-corrected chi connectivity index (χ1v) is 23.4. The SMILES string of the molecule is CCCCCCCCCCCCCCCCCCCCCCCC(=O)OC[C@H](COP(=O)(O)O)OC(=O)CCCCCCCCCCCCCC. The molecule has 0 radical (unpaired) electrons. The maximum Gasteiger partial charge on any atom is 0.469 e. The summed E-state index contributed by atoms with van der Waals surface area (Å²) in [6, 6.07) is 0. The third-order valence-corrected chi connectivity index (χ3v) is 10.4. The topological polar surface area (TPSA) is 119 Å². The zero-order chi connectivity index (χ0) is 37.5. The van der Waals surface area contributed by atoms with Crippen LogP contribution in [0.5, 0.6) is 0 Å². The van der Waals surface area contributed by atoms with Gasteiger partial charge in [0.15, 0.2) is 6.10 Å². The van der Waals surface area contributed by atoms with Crippen LogP contribution in [0.15, 0.2) is 0 Å². The Morgan fingerprint density at radius 1 is 0.431 bits per heavy atom. The lowest BCUT2D eigenvalue weighted by molar-refractivity contribution is -0.161. The van der Waals surface area contributed by atoms with Gasteiger partial charge < -0.3 is 19.3 Å². The van der Waals surface area contributed by atoms with E-state index in [0.29, 0.717) is 6.42 Å². The molecule has 0 saturated carbocycles. The monoisotopic (exact) mass is 747 g/mol. The summed E-state index contributed by atoms with van der Waals surface area (Å²) in [5.74, 6) is -0.868. The summed E-state index contributed by atoms with van der Waals surface area (Å²) in [6.45, 7) is 3.71. The molecule has 0 spiro atoms. The maximum absolute atomic E-state index is 12.4. The standard InChI is InChI=1S/C42H83O8P/c1-3-5-7-9-11-13-15-17-18-19-20-21-22-23-24-25-27-28-30-32-34-36-41(43)48-38-40(39-49-51(45,46)47)50-42(44)37-35-33-31-29-26-16-14-12-10-8-6-4-2/h40H,3-39H2,1-2H3,(H2,45,46,47)/t40-/m1/s1. The molecule has 9 heteroatoms. The minimum atomic E-state index is -4.74. The number of hydrogen-bond donors (Lipinski definition) is 2. The lowest BCUT2D eigenvalue weighted by atomic mass is 10.0. The van der Waals surface area contributed by atoms with Gasteiger partial charge in [-0.05, 0) is 12.8 Å². The zero-order valence-corrected chi connectivity index (χ0v) is 34.4. The molecule has 0 unspecified atom stereocenters. The molecule has 0 aliphatic rings. The summed E-state index contributed by atoms with van der Waals surface area (Å²) in [6.07, 6.45) is 41.2. The lowest BCUT2D eigenvalue weighted by Gasteiger charge is -2.18. The Morgan fingerprint density at radius 2 is 0.706 bits per heavy atom. The molecule has 0 amide bonds. The summed E-state index contributed by atoms with van der Waals surface area (Å²) in [5.41, 5.74) is 0. The number of carbonyl (C=O) groups excluding carboxylic acids is 2. The van der Waals surface area contributed by atoms with Gasteiger partial charge in [-0.1, -0.05) is 213 Å². The van der Waals surface area contributed by atoms with E-state index < -0.39 is 32.5 Å². The highest BCUT2D eigenvalue weighted by Crippen LogP contribution is 2.36. The number of esters is 2. The van der Waals surface area contributed by atoms with Crippen molar-refractivity contribution >= 4 is 19.8 Å². The molecule has 0 bridgehead atoms. The van der Waals surface area contributed by atoms with Gasteiger partial charge in [-0.25, -0.2) is 4.57 Å². The summed E-state index contributed by atoms with van der Waals surface area (Å²) in [5, 5.41) is 0. The second-order valence-corrected chi connectivity index (χ2v) is 16.3. The second-order valence-electron chi connectivity index (χ2n) is 15.0. The van der Waals surface area contributed by atoms with Crippen molar-refractivity contribution in [2.75, 3.05) is 13.2 Å². The van der Waals surface area contributed by atoms with Crippen LogP contribution in [0.3, 0.4) is 0 Å². The predicted octanol–water partition coefficient (Wildman–Crippen LogP) is 13.2. The highest BCUT2D eigenvalue weighted by Gasteiger charge is 2.23. The van der Waals surface area contributed by atoms with E-state index in [-0.39, 0.29) is 19.4 Å². The van der Waals surface area contributed by atoms with Crippen LogP contribution >= 0.6 is 7.82 Å². The Hall–Kier alpha value is -0.950. The van der Waals surface area contributed by atoms with Crippen LogP contribution in [0, 0.1) is 0 Å². The van der Waals surface area contributed by atoms with E-state index in [1.54, 1.807) is 0 Å². The van der Waals surface area contributed by atoms with Crippen molar-refractivity contribution in [2.24, 2.45) is 0 Å². The Kier molecular flexibility index (Phi) is 38.0. The molecular weight excluding hydrogens is 663 g/mol. The molecule has 0 aromatic heterocycles. The van der Waals surface area contributed by atoms with Crippen LogP contribution < -0.4 is 0 Å². The third-order valence-electron chi connectivity index (χ3n) is 9.88. The third kappa shape index (κ3) is 41.7. The molecule has 304 valence electrons. The second kappa shape index (κ2) is 38.8. The highest BCUT2D eigenvalue weighted by atomic mass is 31.2. The van der Waals surface area contributed by atoms with Crippen LogP contribution in [0.1, 0.15) is 239 Å². The average molecular weight is 747 g/mol. The van der Waals surface area contributed by atoms with Crippen LogP contribution in [0.4, 0.5) is 0 Å². The largest absolute Gasteiger partial charge is 0.469 e. The smallest absolute Gasteiger partial charge is 0.462 e. The fraction of sp³-hybridized carbons (Fsp3) is 0.952. The summed E-state index contributed by atoms with van der Waals surface area (Å²) >= 11 is 0. The van der Waals surface area contributed by atoms with E-state index in [0.717, 1.165) is 38.5 Å². The molecule has 0 rings (SSSR count). The van der Waals surface area contributed by atoms with Gasteiger partial charge in [0.05, 0.1) is 6.61 Å². The Morgan fingerprint density at radius 3 is 1.00 bits per heavy atom. The molecule has 1 atom stereocenters. The fourth-order valence-corrected chi connectivity index (χ4v) is 6.97. The van der Waals surface area contributed by atoms with E-state index in [1.807, 2.05) is 0 Å². The molecule has 51 heavy (non-hydrogen) atoms. The highest BCUT2D eigenvalue weighted by molar-refractivity contribution is 7.46. The molecule has 8 nitrogen and oxygen atoms in total. The van der Waals surface area contributed by atoms with Crippen molar-refractivity contribution in [2.45, 2.75) is 245 Å². The molecule has 0 saturated heterocycles. The minimum absolute atomic E-state index is 0.219. The van der Waals surface area contributed by atoms with Gasteiger partial charge in [0, 0.05) is 12.8 Å². The normalized spacial score (nSPS) is 12.3. The van der Waals surface area contributed by atoms with Gasteiger partial charge in [0.1, 0.15) is 6.61 Å². The van der Waals surface area contributed by atoms with Crippen LogP contribution in [0.2, 0.25) is 0 Å². The van der Waals surface area contributed by atoms with Crippen LogP contribution in [-0.2, 0) is 28.2 Å². The number of ether oxygens (including phenoxy) is 2. The molecule has 0 aliphatic carbocycles. The van der Waals surface area contributed by atoms with E-state index in [9.17, 15) is 14.2 Å². The molecule has 2 N–H and O–H groups in total. The van der Waals surface area contributed by atoms with E-state index in [2.05, 4.69) is 18.4 Å². The summed E-state index contributed by atoms with van der Waals surface area (Å²) in [7, 11) is -4.74. The Labute approximate surface area is 315 Å². The number of rotatable bonds is 41. The quantitative estimate of drug-likeness (QED) is 0.0360. The van der Waals surface area contributed by atoms with E-state index in [4.69, 9.17) is 19.3 Å². The average Bonchev–Trinajstić information content (AvgIpc) is 3.10. The lowest BCUT2D eigenvalue weighted by Crippen LogP contribution is -2.29. The molecule has 0 fully saturated rings. The van der Waals surface area contributed by atoms with Gasteiger partial charge in [-0.2, -0.15) is 0 Å². The molecule has 0 heterocycles. The van der Waals surface area contributed by atoms with Gasteiger partial charge in [-0.15, -0.1) is 0 Å². The van der Waals surface area contributed by atoms with Crippen molar-refractivity contribution in [3.8, 4) is 0 Å². The molecule has 0 aromatic carbocycles. The van der Waals surface area contributed by atoms with Crippen molar-refractivity contribution in [1.29, 1.82) is 0 Å². The Bertz CT molecular complexity index is 802. The summed E-state index contributed by atoms with van der Waals surface area (Å²) < 4.78 is 26.4. The van der Waals surface area contributed by atoms with Crippen molar-refractivity contribution < 1.29 is 37.9 Å². The van der Waals surface area contributed by atoms with Crippen LogP contribution in [-0.4, -0.2) is 41.0 Å². The van der Waals surface area contributed by atoms with Crippen LogP contribution in [0.25, 0.3) is 0 Å². The first-order valence-electron chi connectivity index (χ1n) is 21.8. The van der Waals surface area contributed by atoms with Gasteiger partial charge in [-0.3, -0.25) is 14.1 Å². The molecular formula is C42H83O8P. The van der Waals surface area contributed by atoms with Crippen molar-refractivity contribution in [3.05, 3.63) is 0 Å². The molecule has 0 aliphatic heterocycles. The minimum Gasteiger partial charge on any atom is -0.462 e. The summed E-state index contributed by atoms with van der Waals surface area (Å²) in [4.78, 5) is 42.8. The zero-order valence-electron chi connectivity index (χ0n) is 33.5. The fourth-order valence-electron chi connectivity index (χ4n) is 6.61. The number of hydrogen-bond acceptors (Lipinski definition) is 6. The predicted molar refractivity (Wildman–Crippen MR) is 212 cm³/mol. The van der Waals surface area contributed by atoms with Gasteiger partial charge >= 0.3 is 19.8 Å². The first-order chi connectivity index (χ1) is 24.8. The van der Waals surface area contributed by atoms with E-state index in [1.165, 1.54) is 167 Å². The first kappa shape index (κ1) is 50.1. The number of unbranched alkanes of at least 4 members (excludes halogenated alkanes) is 31. The number of carbonyl (C=O) groups is 2. The maximum atomic E-state index is 12.4. The Balaban J connectivity index is 3.78. The van der Waals surface area contributed by atoms with Gasteiger partial charge in [0.2, 0.25) is 0 Å². The number of phosphoric ester groups is 1. The van der Waals surface area contributed by atoms with Gasteiger partial charge in [0.25, 0.3) is 0 Å². The molecule has 0 aromatic rings. The van der Waals surface area contributed by atoms with Crippen molar-refractivity contribution in [1.82, 2.24) is 0 Å².